The maximum Gasteiger partial charge on any atom is 0.332 e. The van der Waals surface area contributed by atoms with Crippen molar-refractivity contribution in [3.8, 4) is 0 Å². The van der Waals surface area contributed by atoms with Crippen molar-refractivity contribution in [3.05, 3.63) is 29.8 Å². The van der Waals surface area contributed by atoms with E-state index >= 15 is 0 Å². The van der Waals surface area contributed by atoms with E-state index < -0.39 is 18.2 Å². The summed E-state index contributed by atoms with van der Waals surface area (Å²) in [7, 11) is 0. The summed E-state index contributed by atoms with van der Waals surface area (Å²) in [4.78, 5) is 22.7. The minimum Gasteiger partial charge on any atom is -0.479 e. The fraction of sp³-hybridized carbons (Fsp3) is 0.385. The molecule has 0 aliphatic carbocycles. The van der Waals surface area contributed by atoms with Crippen LogP contribution in [0.4, 0.5) is 5.69 Å². The van der Waals surface area contributed by atoms with Gasteiger partial charge in [0.25, 0.3) is 5.91 Å². The molecule has 1 aromatic carbocycles. The second-order valence-corrected chi connectivity index (χ2v) is 4.33. The number of para-hydroxylation sites is 1. The topological polar surface area (TPSA) is 95.9 Å². The molecule has 1 saturated heterocycles. The van der Waals surface area contributed by atoms with Gasteiger partial charge in [0.1, 0.15) is 6.10 Å². The van der Waals surface area contributed by atoms with Crippen LogP contribution in [0.5, 0.6) is 0 Å². The van der Waals surface area contributed by atoms with Gasteiger partial charge in [0, 0.05) is 11.3 Å². The summed E-state index contributed by atoms with van der Waals surface area (Å²) in [5.74, 6) is -1.43. The molecule has 0 bridgehead atoms. The summed E-state index contributed by atoms with van der Waals surface area (Å²) < 4.78 is 5.16. The van der Waals surface area contributed by atoms with Crippen LogP contribution in [0, 0.1) is 0 Å². The maximum atomic E-state index is 11.9. The first kappa shape index (κ1) is 13.5. The van der Waals surface area contributed by atoms with Crippen molar-refractivity contribution in [1.29, 1.82) is 0 Å². The van der Waals surface area contributed by atoms with Gasteiger partial charge in [-0.1, -0.05) is 18.2 Å². The Morgan fingerprint density at radius 3 is 2.58 bits per heavy atom. The van der Waals surface area contributed by atoms with Crippen LogP contribution in [0.25, 0.3) is 0 Å². The highest BCUT2D eigenvalue weighted by atomic mass is 16.5. The second kappa shape index (κ2) is 5.81. The first-order valence-electron chi connectivity index (χ1n) is 5.99. The van der Waals surface area contributed by atoms with E-state index in [0.29, 0.717) is 24.1 Å². The van der Waals surface area contributed by atoms with Gasteiger partial charge in [0.15, 0.2) is 6.10 Å². The molecule has 0 radical (unpaired) electrons. The normalized spacial score (nSPS) is 22.2. The van der Waals surface area contributed by atoms with E-state index in [1.165, 1.54) is 0 Å². The third-order valence-corrected chi connectivity index (χ3v) is 3.03. The number of carbonyl (C=O) groups excluding carboxylic acids is 1. The molecule has 102 valence electrons. The van der Waals surface area contributed by atoms with Gasteiger partial charge in [-0.2, -0.15) is 0 Å². The predicted octanol–water partition coefficient (Wildman–Crippen LogP) is 0.750. The number of amides is 1. The van der Waals surface area contributed by atoms with Gasteiger partial charge in [-0.25, -0.2) is 4.79 Å². The first-order chi connectivity index (χ1) is 9.11. The first-order valence-corrected chi connectivity index (χ1v) is 5.99. The third-order valence-electron chi connectivity index (χ3n) is 3.03. The molecule has 1 aliphatic heterocycles. The standard InChI is InChI=1S/C13H15NO5/c15-7-8-3-1-2-4-9(8)14-12(16)10-5-6-11(19-10)13(17)18/h1-4,10-11,15H,5-7H2,(H,14,16)(H,17,18). The van der Waals surface area contributed by atoms with Crippen molar-refractivity contribution in [2.75, 3.05) is 5.32 Å². The van der Waals surface area contributed by atoms with Gasteiger partial charge in [0.2, 0.25) is 0 Å². The summed E-state index contributed by atoms with van der Waals surface area (Å²) >= 11 is 0. The van der Waals surface area contributed by atoms with Crippen molar-refractivity contribution < 1.29 is 24.5 Å². The molecular weight excluding hydrogens is 250 g/mol. The molecule has 2 atom stereocenters. The molecule has 19 heavy (non-hydrogen) atoms. The molecule has 0 saturated carbocycles. The molecule has 3 N–H and O–H groups in total. The molecule has 1 heterocycles. The largest absolute Gasteiger partial charge is 0.479 e. The number of ether oxygens (including phenoxy) is 1. The lowest BCUT2D eigenvalue weighted by Crippen LogP contribution is -2.30. The van der Waals surface area contributed by atoms with Gasteiger partial charge in [0.05, 0.1) is 6.61 Å². The average molecular weight is 265 g/mol. The lowest BCUT2D eigenvalue weighted by molar-refractivity contribution is -0.150. The van der Waals surface area contributed by atoms with Gasteiger partial charge in [-0.15, -0.1) is 0 Å². The zero-order valence-corrected chi connectivity index (χ0v) is 10.2. The fourth-order valence-electron chi connectivity index (χ4n) is 2.01. The Morgan fingerprint density at radius 1 is 1.26 bits per heavy atom. The smallest absolute Gasteiger partial charge is 0.332 e. The highest BCUT2D eigenvalue weighted by Crippen LogP contribution is 2.22. The summed E-state index contributed by atoms with van der Waals surface area (Å²) in [6.45, 7) is -0.181. The number of hydrogen-bond acceptors (Lipinski definition) is 4. The number of hydrogen-bond donors (Lipinski definition) is 3. The van der Waals surface area contributed by atoms with E-state index in [-0.39, 0.29) is 12.5 Å². The molecule has 2 unspecified atom stereocenters. The number of aliphatic hydroxyl groups is 1. The van der Waals surface area contributed by atoms with Gasteiger partial charge in [-0.3, -0.25) is 4.79 Å². The Balaban J connectivity index is 2.00. The molecule has 6 nitrogen and oxygen atoms in total. The van der Waals surface area contributed by atoms with Crippen LogP contribution in [-0.4, -0.2) is 34.3 Å². The number of aliphatic hydroxyl groups excluding tert-OH is 1. The number of carboxylic acid groups (broad SMARTS) is 1. The summed E-state index contributed by atoms with van der Waals surface area (Å²) in [6, 6.07) is 6.87. The van der Waals surface area contributed by atoms with Gasteiger partial charge < -0.3 is 20.3 Å². The Hall–Kier alpha value is -1.92. The highest BCUT2D eigenvalue weighted by Gasteiger charge is 2.34. The monoisotopic (exact) mass is 265 g/mol. The molecule has 1 aliphatic rings. The van der Waals surface area contributed by atoms with Crippen molar-refractivity contribution in [1.82, 2.24) is 0 Å². The van der Waals surface area contributed by atoms with Gasteiger partial charge in [-0.05, 0) is 18.9 Å². The third kappa shape index (κ3) is 3.10. The van der Waals surface area contributed by atoms with Crippen LogP contribution in [-0.2, 0) is 20.9 Å². The Labute approximate surface area is 110 Å². The number of aliphatic carboxylic acids is 1. The molecule has 0 aromatic heterocycles. The van der Waals surface area contributed by atoms with E-state index in [1.54, 1.807) is 24.3 Å². The van der Waals surface area contributed by atoms with Crippen molar-refractivity contribution in [2.24, 2.45) is 0 Å². The molecule has 2 rings (SSSR count). The zero-order valence-electron chi connectivity index (χ0n) is 10.2. The van der Waals surface area contributed by atoms with E-state index in [9.17, 15) is 9.59 Å². The summed E-state index contributed by atoms with van der Waals surface area (Å²) in [6.07, 6.45) is -0.962. The van der Waals surface area contributed by atoms with Crippen molar-refractivity contribution in [2.45, 2.75) is 31.7 Å². The predicted molar refractivity (Wildman–Crippen MR) is 66.5 cm³/mol. The maximum absolute atomic E-state index is 11.9. The van der Waals surface area contributed by atoms with Crippen LogP contribution in [0.3, 0.4) is 0 Å². The molecule has 6 heteroatoms. The van der Waals surface area contributed by atoms with E-state index in [4.69, 9.17) is 14.9 Å². The van der Waals surface area contributed by atoms with Gasteiger partial charge >= 0.3 is 5.97 Å². The van der Waals surface area contributed by atoms with E-state index in [0.717, 1.165) is 0 Å². The highest BCUT2D eigenvalue weighted by molar-refractivity contribution is 5.95. The summed E-state index contributed by atoms with van der Waals surface area (Å²) in [5, 5.41) is 20.6. The van der Waals surface area contributed by atoms with E-state index in [1.807, 2.05) is 0 Å². The van der Waals surface area contributed by atoms with Crippen LogP contribution in [0.2, 0.25) is 0 Å². The lowest BCUT2D eigenvalue weighted by Gasteiger charge is -2.13. The summed E-state index contributed by atoms with van der Waals surface area (Å²) in [5.41, 5.74) is 1.11. The lowest BCUT2D eigenvalue weighted by atomic mass is 10.1. The molecule has 1 fully saturated rings. The van der Waals surface area contributed by atoms with Crippen LogP contribution >= 0.6 is 0 Å². The van der Waals surface area contributed by atoms with Crippen molar-refractivity contribution in [3.63, 3.8) is 0 Å². The van der Waals surface area contributed by atoms with Crippen LogP contribution in [0.1, 0.15) is 18.4 Å². The minimum atomic E-state index is -1.05. The molecule has 1 aromatic rings. The van der Waals surface area contributed by atoms with Crippen molar-refractivity contribution >= 4 is 17.6 Å². The number of benzene rings is 1. The quantitative estimate of drug-likeness (QED) is 0.746. The number of carboxylic acids is 1. The number of rotatable bonds is 4. The zero-order chi connectivity index (χ0) is 13.8. The Bertz CT molecular complexity index is 488. The molecular formula is C13H15NO5. The van der Waals surface area contributed by atoms with Crippen LogP contribution in [0.15, 0.2) is 24.3 Å². The fourth-order valence-corrected chi connectivity index (χ4v) is 2.01. The van der Waals surface area contributed by atoms with E-state index in [2.05, 4.69) is 5.32 Å². The average Bonchev–Trinajstić information content (AvgIpc) is 2.89. The number of carbonyl (C=O) groups is 2. The SMILES string of the molecule is O=C(O)C1CCC(C(=O)Nc2ccccc2CO)O1. The Kier molecular flexibility index (Phi) is 4.13. The Morgan fingerprint density at radius 2 is 1.95 bits per heavy atom. The minimum absolute atomic E-state index is 0.181. The molecule has 0 spiro atoms. The molecule has 1 amide bonds. The second-order valence-electron chi connectivity index (χ2n) is 4.33. The number of nitrogens with one attached hydrogen (secondary N) is 1. The number of anilines is 1. The van der Waals surface area contributed by atoms with Crippen LogP contribution < -0.4 is 5.32 Å².